The number of hydrogen-bond acceptors (Lipinski definition) is 9. The van der Waals surface area contributed by atoms with E-state index >= 15 is 0 Å². The number of nitrogens with one attached hydrogen (secondary N) is 1. The molecule has 2 aromatic carbocycles. The van der Waals surface area contributed by atoms with Crippen molar-refractivity contribution >= 4 is 46.9 Å². The number of aromatic nitrogens is 2. The van der Waals surface area contributed by atoms with Gasteiger partial charge in [-0.1, -0.05) is 29.3 Å². The monoisotopic (exact) mass is 710 g/mol. The molecule has 0 radical (unpaired) electrons. The number of rotatable bonds is 10. The Kier molecular flexibility index (Phi) is 8.94. The lowest BCUT2D eigenvalue weighted by Gasteiger charge is -2.29. The van der Waals surface area contributed by atoms with Crippen LogP contribution in [0.4, 0.5) is 14.5 Å². The first-order valence-electron chi connectivity index (χ1n) is 15.0. The molecule has 3 heterocycles. The quantitative estimate of drug-likeness (QED) is 0.0793. The van der Waals surface area contributed by atoms with Crippen molar-refractivity contribution in [2.45, 2.75) is 36.8 Å². The Morgan fingerprint density at radius 3 is 2.59 bits per heavy atom. The normalized spacial score (nSPS) is 18.1. The van der Waals surface area contributed by atoms with Crippen molar-refractivity contribution < 1.29 is 33.0 Å². The van der Waals surface area contributed by atoms with Gasteiger partial charge in [-0.15, -0.1) is 0 Å². The van der Waals surface area contributed by atoms with Crippen molar-refractivity contribution in [3.05, 3.63) is 98.4 Å². The van der Waals surface area contributed by atoms with Crippen LogP contribution >= 0.6 is 23.2 Å². The van der Waals surface area contributed by atoms with Crippen LogP contribution in [-0.2, 0) is 15.8 Å². The summed E-state index contributed by atoms with van der Waals surface area (Å²) in [4.78, 5) is 39.4. The fourth-order valence-corrected chi connectivity index (χ4v) is 5.82. The van der Waals surface area contributed by atoms with Crippen molar-refractivity contribution in [3.63, 3.8) is 0 Å². The van der Waals surface area contributed by atoms with Gasteiger partial charge in [0.15, 0.2) is 5.60 Å². The van der Waals surface area contributed by atoms with E-state index < -0.39 is 46.2 Å². The van der Waals surface area contributed by atoms with E-state index in [-0.39, 0.29) is 68.6 Å². The van der Waals surface area contributed by atoms with E-state index in [9.17, 15) is 23.5 Å². The molecule has 2 aromatic heterocycles. The Labute approximate surface area is 289 Å². The molecule has 2 atom stereocenters. The highest BCUT2D eigenvalue weighted by atomic mass is 35.5. The number of carbonyl (C=O) groups excluding carboxylic acids is 2. The molecule has 1 aliphatic carbocycles. The predicted molar refractivity (Wildman–Crippen MR) is 179 cm³/mol. The summed E-state index contributed by atoms with van der Waals surface area (Å²) in [6, 6.07) is 10.6. The maximum atomic E-state index is 14.6. The highest BCUT2D eigenvalue weighted by molar-refractivity contribution is 6.43. The number of nitrogens with zero attached hydrogens (tertiary/aromatic N) is 3. The number of anilines is 1. The first kappa shape index (κ1) is 34.0. The number of fused-ring (bicyclic) bond motifs is 1. The summed E-state index contributed by atoms with van der Waals surface area (Å²) in [7, 11) is 1.41. The molecule has 1 saturated carbocycles. The highest BCUT2D eigenvalue weighted by Crippen LogP contribution is 2.48. The van der Waals surface area contributed by atoms with E-state index in [4.69, 9.17) is 44.1 Å². The molecule has 1 aliphatic heterocycles. The second-order valence-corrected chi connectivity index (χ2v) is 12.8. The van der Waals surface area contributed by atoms with Gasteiger partial charge in [0.2, 0.25) is 11.9 Å². The number of carbonyl (C=O) groups is 2. The molecule has 0 bridgehead atoms. The molecule has 11 nitrogen and oxygen atoms in total. The molecule has 0 spiro atoms. The summed E-state index contributed by atoms with van der Waals surface area (Å²) in [5, 5.41) is 14.5. The van der Waals surface area contributed by atoms with E-state index in [2.05, 4.69) is 20.3 Å². The smallest absolute Gasteiger partial charge is 0.251 e. The van der Waals surface area contributed by atoms with Crippen LogP contribution in [-0.4, -0.2) is 59.4 Å². The number of methoxy groups -OCH3 is 1. The number of aliphatic hydroxyl groups is 1. The van der Waals surface area contributed by atoms with Crippen molar-refractivity contribution in [2.75, 3.05) is 26.0 Å². The zero-order chi connectivity index (χ0) is 35.2. The van der Waals surface area contributed by atoms with Gasteiger partial charge in [-0.3, -0.25) is 14.6 Å². The van der Waals surface area contributed by atoms with Crippen LogP contribution < -0.4 is 26.3 Å². The summed E-state index contributed by atoms with van der Waals surface area (Å²) < 4.78 is 40.2. The second kappa shape index (κ2) is 12.9. The highest BCUT2D eigenvalue weighted by Gasteiger charge is 2.46. The van der Waals surface area contributed by atoms with Gasteiger partial charge in [0.25, 0.3) is 5.91 Å². The fraction of sp³-hybridized carbons (Fsp3) is 0.265. The Balaban J connectivity index is 1.48. The molecule has 254 valence electrons. The van der Waals surface area contributed by atoms with Crippen LogP contribution in [0.15, 0.2) is 53.5 Å². The number of pyridine rings is 2. The standard InChI is InChI=1S/C34H30Cl2F2N6O5/c1-33(32(40)46)15-49-30-20(33)12-24(44-29(30)19-8-9-21(37)27(36)26(19)35)34(47,23-4-3-5-25(38)43-23)14-42-31(45)16-10-17(13-41-18-6-7-18)28(39)22(11-16)48-2/h3-5,8-13,18,47H,6-7,14-15,39H2,1-2H3,(H2,40,46)(H,42,45)/t33-,34+/m0/s1. The number of nitrogen functional groups attached to an aromatic ring is 1. The largest absolute Gasteiger partial charge is 0.495 e. The van der Waals surface area contributed by atoms with E-state index in [1.165, 1.54) is 50.4 Å². The van der Waals surface area contributed by atoms with Crippen LogP contribution in [0, 0.1) is 11.8 Å². The Bertz CT molecular complexity index is 2040. The molecule has 6 N–H and O–H groups in total. The Morgan fingerprint density at radius 2 is 1.92 bits per heavy atom. The fourth-order valence-electron chi connectivity index (χ4n) is 5.42. The third kappa shape index (κ3) is 6.25. The SMILES string of the molecule is COc1cc(C(=O)NC[C@@](O)(c2cccc(F)n2)c2cc3c(c(-c4ccc(F)c(Cl)c4Cl)n2)OC[C@]3(C)C(N)=O)cc(C=NC2CC2)c1N. The van der Waals surface area contributed by atoms with Gasteiger partial charge in [0.05, 0.1) is 46.8 Å². The number of halogens is 4. The number of benzene rings is 2. The summed E-state index contributed by atoms with van der Waals surface area (Å²) in [5.74, 6) is -2.81. The molecular weight excluding hydrogens is 681 g/mol. The van der Waals surface area contributed by atoms with E-state index in [1.807, 2.05) is 0 Å². The van der Waals surface area contributed by atoms with E-state index in [1.54, 1.807) is 6.21 Å². The molecule has 6 rings (SSSR count). The second-order valence-electron chi connectivity index (χ2n) is 12.0. The van der Waals surface area contributed by atoms with Gasteiger partial charge >= 0.3 is 0 Å². The van der Waals surface area contributed by atoms with Crippen molar-refractivity contribution in [1.29, 1.82) is 0 Å². The van der Waals surface area contributed by atoms with Crippen LogP contribution in [0.3, 0.4) is 0 Å². The maximum absolute atomic E-state index is 14.6. The lowest BCUT2D eigenvalue weighted by atomic mass is 9.81. The number of primary amides is 1. The number of aliphatic imine (C=N–C) groups is 1. The Morgan fingerprint density at radius 1 is 1.16 bits per heavy atom. The van der Waals surface area contributed by atoms with Gasteiger partial charge in [-0.25, -0.2) is 14.4 Å². The summed E-state index contributed by atoms with van der Waals surface area (Å²) in [6.07, 6.45) is 3.51. The van der Waals surface area contributed by atoms with Crippen molar-refractivity contribution in [2.24, 2.45) is 10.7 Å². The van der Waals surface area contributed by atoms with Gasteiger partial charge in [-0.2, -0.15) is 4.39 Å². The molecule has 15 heteroatoms. The van der Waals surface area contributed by atoms with Crippen LogP contribution in [0.1, 0.15) is 52.6 Å². The molecule has 49 heavy (non-hydrogen) atoms. The van der Waals surface area contributed by atoms with Crippen LogP contribution in [0.25, 0.3) is 11.3 Å². The number of amides is 2. The lowest BCUT2D eigenvalue weighted by molar-refractivity contribution is -0.123. The van der Waals surface area contributed by atoms with E-state index in [0.29, 0.717) is 5.56 Å². The molecule has 2 amide bonds. The number of hydrogen-bond donors (Lipinski definition) is 4. The summed E-state index contributed by atoms with van der Waals surface area (Å²) >= 11 is 12.6. The molecule has 1 fully saturated rings. The minimum Gasteiger partial charge on any atom is -0.495 e. The van der Waals surface area contributed by atoms with Crippen LogP contribution in [0.2, 0.25) is 10.0 Å². The molecule has 4 aromatic rings. The average molecular weight is 712 g/mol. The van der Waals surface area contributed by atoms with Crippen molar-refractivity contribution in [3.8, 4) is 22.8 Å². The van der Waals surface area contributed by atoms with Crippen molar-refractivity contribution in [1.82, 2.24) is 15.3 Å². The number of nitrogens with two attached hydrogens (primary N) is 2. The van der Waals surface area contributed by atoms with Gasteiger partial charge in [0, 0.05) is 28.5 Å². The topological polar surface area (TPSA) is 175 Å². The molecule has 0 saturated heterocycles. The minimum absolute atomic E-state index is 0.0200. The summed E-state index contributed by atoms with van der Waals surface area (Å²) in [5.41, 5.74) is 9.02. The maximum Gasteiger partial charge on any atom is 0.251 e. The molecular formula is C34H30Cl2F2N6O5. The third-order valence-corrected chi connectivity index (χ3v) is 9.46. The third-order valence-electron chi connectivity index (χ3n) is 8.60. The lowest BCUT2D eigenvalue weighted by Crippen LogP contribution is -2.44. The first-order chi connectivity index (χ1) is 23.3. The van der Waals surface area contributed by atoms with E-state index in [0.717, 1.165) is 25.0 Å². The molecule has 0 unspecified atom stereocenters. The summed E-state index contributed by atoms with van der Waals surface area (Å²) in [6.45, 7) is 0.743. The Hall–Kier alpha value is -4.85. The zero-order valence-corrected chi connectivity index (χ0v) is 27.7. The van der Waals surface area contributed by atoms with Gasteiger partial charge in [0.1, 0.15) is 35.0 Å². The average Bonchev–Trinajstić information content (AvgIpc) is 3.85. The minimum atomic E-state index is -2.34. The molecule has 2 aliphatic rings. The van der Waals surface area contributed by atoms with Crippen LogP contribution in [0.5, 0.6) is 11.5 Å². The first-order valence-corrected chi connectivity index (χ1v) is 15.8. The zero-order valence-electron chi connectivity index (χ0n) is 26.2. The van der Waals surface area contributed by atoms with Gasteiger partial charge in [-0.05, 0) is 62.2 Å². The predicted octanol–water partition coefficient (Wildman–Crippen LogP) is 4.70. The number of ether oxygens (including phenoxy) is 2. The van der Waals surface area contributed by atoms with Gasteiger partial charge < -0.3 is 31.4 Å².